The summed E-state index contributed by atoms with van der Waals surface area (Å²) in [5.41, 5.74) is 2.66. The van der Waals surface area contributed by atoms with E-state index >= 15 is 0 Å². The second kappa shape index (κ2) is 4.04. The van der Waals surface area contributed by atoms with Crippen molar-refractivity contribution in [2.75, 3.05) is 7.05 Å². The minimum atomic E-state index is 0.767. The first-order valence-electron chi connectivity index (χ1n) is 5.59. The molecule has 0 unspecified atom stereocenters. The van der Waals surface area contributed by atoms with Crippen molar-refractivity contribution in [3.63, 3.8) is 0 Å². The molecule has 2 aliphatic rings. The Morgan fingerprint density at radius 3 is 2.71 bits per heavy atom. The van der Waals surface area contributed by atoms with Gasteiger partial charge in [0.05, 0.1) is 0 Å². The molecule has 0 atom stereocenters. The van der Waals surface area contributed by atoms with Crippen molar-refractivity contribution in [2.24, 2.45) is 5.92 Å². The fraction of sp³-hybridized carbons (Fsp3) is 0.538. The van der Waals surface area contributed by atoms with Crippen molar-refractivity contribution in [1.29, 1.82) is 0 Å². The predicted octanol–water partition coefficient (Wildman–Crippen LogP) is 3.47. The van der Waals surface area contributed by atoms with Crippen LogP contribution in [-0.4, -0.2) is 11.9 Å². The molecule has 0 aromatic rings. The van der Waals surface area contributed by atoms with E-state index in [1.807, 2.05) is 0 Å². The molecule has 1 nitrogen and oxygen atoms in total. The number of likely N-dealkylation sites (N-methyl/N-ethyl adjacent to an activating group) is 1. The fourth-order valence-electron chi connectivity index (χ4n) is 2.45. The highest BCUT2D eigenvalue weighted by Crippen LogP contribution is 2.34. The number of hydrogen-bond donors (Lipinski definition) is 0. The maximum absolute atomic E-state index is 4.16. The third kappa shape index (κ3) is 1.77. The van der Waals surface area contributed by atoms with Gasteiger partial charge in [-0.25, -0.2) is 0 Å². The zero-order chi connectivity index (χ0) is 9.97. The monoisotopic (exact) mass is 189 g/mol. The van der Waals surface area contributed by atoms with Gasteiger partial charge in [-0.2, -0.15) is 0 Å². The minimum Gasteiger partial charge on any atom is -0.351 e. The van der Waals surface area contributed by atoms with E-state index in [-0.39, 0.29) is 0 Å². The predicted molar refractivity (Wildman–Crippen MR) is 60.7 cm³/mol. The molecule has 1 fully saturated rings. The Hall–Kier alpha value is -0.980. The highest BCUT2D eigenvalue weighted by molar-refractivity contribution is 5.37. The first-order valence-corrected chi connectivity index (χ1v) is 5.59. The molecular formula is C13H19N. The number of rotatable bonds is 1. The summed E-state index contributed by atoms with van der Waals surface area (Å²) in [4.78, 5) is 2.13. The highest BCUT2D eigenvalue weighted by atomic mass is 15.1. The summed E-state index contributed by atoms with van der Waals surface area (Å²) < 4.78 is 0. The van der Waals surface area contributed by atoms with E-state index in [0.29, 0.717) is 0 Å². The van der Waals surface area contributed by atoms with E-state index in [1.54, 1.807) is 0 Å². The molecule has 0 radical (unpaired) electrons. The molecule has 0 aromatic heterocycles. The second-order valence-corrected chi connectivity index (χ2v) is 4.36. The van der Waals surface area contributed by atoms with Crippen LogP contribution in [0.2, 0.25) is 0 Å². The fourth-order valence-corrected chi connectivity index (χ4v) is 2.45. The Bertz CT molecular complexity index is 280. The third-order valence-corrected chi connectivity index (χ3v) is 3.39. The molecule has 1 aliphatic carbocycles. The van der Waals surface area contributed by atoms with Crippen molar-refractivity contribution in [2.45, 2.75) is 32.1 Å². The van der Waals surface area contributed by atoms with Gasteiger partial charge in [0, 0.05) is 18.9 Å². The van der Waals surface area contributed by atoms with Crippen molar-refractivity contribution < 1.29 is 0 Å². The second-order valence-electron chi connectivity index (χ2n) is 4.36. The van der Waals surface area contributed by atoms with E-state index < -0.39 is 0 Å². The summed E-state index contributed by atoms with van der Waals surface area (Å²) in [6.45, 7) is 4.16. The topological polar surface area (TPSA) is 3.24 Å². The molecule has 0 N–H and O–H groups in total. The normalized spacial score (nSPS) is 23.9. The molecule has 0 spiro atoms. The SMILES string of the molecule is C=C1C(C2CCCCC2)=CC=CN1C. The summed E-state index contributed by atoms with van der Waals surface area (Å²) in [6, 6.07) is 0. The standard InChI is InChI=1S/C13H19N/c1-11-13(9-6-10-14(11)2)12-7-4-3-5-8-12/h6,9-10,12H,1,3-5,7-8H2,2H3. The van der Waals surface area contributed by atoms with E-state index in [4.69, 9.17) is 0 Å². The number of nitrogens with zero attached hydrogens (tertiary/aromatic N) is 1. The molecule has 76 valence electrons. The Morgan fingerprint density at radius 2 is 2.00 bits per heavy atom. The van der Waals surface area contributed by atoms with Crippen LogP contribution >= 0.6 is 0 Å². The average Bonchev–Trinajstić information content (AvgIpc) is 2.23. The molecule has 14 heavy (non-hydrogen) atoms. The molecule has 1 heterocycles. The largest absolute Gasteiger partial charge is 0.351 e. The molecule has 1 aliphatic heterocycles. The zero-order valence-corrected chi connectivity index (χ0v) is 9.00. The molecule has 2 rings (SSSR count). The maximum atomic E-state index is 4.16. The Balaban J connectivity index is 2.12. The lowest BCUT2D eigenvalue weighted by molar-refractivity contribution is 0.392. The van der Waals surface area contributed by atoms with Gasteiger partial charge in [-0.1, -0.05) is 31.9 Å². The molecule has 1 saturated carbocycles. The van der Waals surface area contributed by atoms with Crippen LogP contribution in [0.4, 0.5) is 0 Å². The average molecular weight is 189 g/mol. The molecule has 1 heteroatoms. The van der Waals surface area contributed by atoms with E-state index in [2.05, 4.69) is 36.9 Å². The van der Waals surface area contributed by atoms with Crippen LogP contribution in [0, 0.1) is 5.92 Å². The lowest BCUT2D eigenvalue weighted by Crippen LogP contribution is -2.20. The number of hydrogen-bond acceptors (Lipinski definition) is 1. The van der Waals surface area contributed by atoms with Gasteiger partial charge in [0.15, 0.2) is 0 Å². The molecule has 0 amide bonds. The quantitative estimate of drug-likeness (QED) is 0.610. The van der Waals surface area contributed by atoms with Crippen LogP contribution in [0.5, 0.6) is 0 Å². The van der Waals surface area contributed by atoms with Gasteiger partial charge >= 0.3 is 0 Å². The Morgan fingerprint density at radius 1 is 1.29 bits per heavy atom. The number of allylic oxidation sites excluding steroid dienone is 3. The Labute approximate surface area is 86.8 Å². The third-order valence-electron chi connectivity index (χ3n) is 3.39. The van der Waals surface area contributed by atoms with E-state index in [0.717, 1.165) is 5.92 Å². The van der Waals surface area contributed by atoms with Gasteiger partial charge in [0.1, 0.15) is 0 Å². The summed E-state index contributed by atoms with van der Waals surface area (Å²) >= 11 is 0. The van der Waals surface area contributed by atoms with Gasteiger partial charge in [-0.05, 0) is 30.4 Å². The summed E-state index contributed by atoms with van der Waals surface area (Å²) in [5.74, 6) is 0.767. The van der Waals surface area contributed by atoms with Crippen LogP contribution < -0.4 is 0 Å². The van der Waals surface area contributed by atoms with Gasteiger partial charge in [0.25, 0.3) is 0 Å². The summed E-state index contributed by atoms with van der Waals surface area (Å²) in [5, 5.41) is 0. The van der Waals surface area contributed by atoms with Crippen LogP contribution in [0.15, 0.2) is 36.2 Å². The van der Waals surface area contributed by atoms with Crippen LogP contribution in [-0.2, 0) is 0 Å². The van der Waals surface area contributed by atoms with Crippen molar-refractivity contribution in [1.82, 2.24) is 4.90 Å². The molecule has 0 bridgehead atoms. The van der Waals surface area contributed by atoms with Gasteiger partial charge in [-0.15, -0.1) is 0 Å². The molecule has 0 saturated heterocycles. The smallest absolute Gasteiger partial charge is 0.0365 e. The highest BCUT2D eigenvalue weighted by Gasteiger charge is 2.21. The lowest BCUT2D eigenvalue weighted by atomic mass is 9.82. The maximum Gasteiger partial charge on any atom is 0.0365 e. The van der Waals surface area contributed by atoms with Crippen molar-refractivity contribution in [3.8, 4) is 0 Å². The lowest BCUT2D eigenvalue weighted by Gasteiger charge is -2.30. The van der Waals surface area contributed by atoms with Crippen LogP contribution in [0.25, 0.3) is 0 Å². The Kier molecular flexibility index (Phi) is 2.76. The first-order chi connectivity index (χ1) is 6.79. The van der Waals surface area contributed by atoms with Crippen LogP contribution in [0.3, 0.4) is 0 Å². The van der Waals surface area contributed by atoms with Gasteiger partial charge in [0.2, 0.25) is 0 Å². The summed E-state index contributed by atoms with van der Waals surface area (Å²) in [6.07, 6.45) is 13.4. The van der Waals surface area contributed by atoms with Crippen LogP contribution in [0.1, 0.15) is 32.1 Å². The van der Waals surface area contributed by atoms with Gasteiger partial charge < -0.3 is 4.90 Å². The van der Waals surface area contributed by atoms with E-state index in [9.17, 15) is 0 Å². The van der Waals surface area contributed by atoms with Gasteiger partial charge in [-0.3, -0.25) is 0 Å². The molecule has 0 aromatic carbocycles. The minimum absolute atomic E-state index is 0.767. The first kappa shape index (κ1) is 9.57. The molecular weight excluding hydrogens is 170 g/mol. The zero-order valence-electron chi connectivity index (χ0n) is 9.00. The summed E-state index contributed by atoms with van der Waals surface area (Å²) in [7, 11) is 2.08. The van der Waals surface area contributed by atoms with Crippen molar-refractivity contribution in [3.05, 3.63) is 36.2 Å². The van der Waals surface area contributed by atoms with Crippen molar-refractivity contribution >= 4 is 0 Å². The van der Waals surface area contributed by atoms with E-state index in [1.165, 1.54) is 43.4 Å².